The maximum Gasteiger partial charge on any atom is 0.185 e. The van der Waals surface area contributed by atoms with Gasteiger partial charge in [0.25, 0.3) is 0 Å². The predicted octanol–water partition coefficient (Wildman–Crippen LogP) is 4.27. The van der Waals surface area contributed by atoms with E-state index in [9.17, 15) is 0 Å². The summed E-state index contributed by atoms with van der Waals surface area (Å²) >= 11 is 6.96. The molecule has 1 N–H and O–H groups in total. The quantitative estimate of drug-likeness (QED) is 0.834. The highest BCUT2D eigenvalue weighted by Crippen LogP contribution is 2.26. The molecule has 0 aliphatic carbocycles. The lowest BCUT2D eigenvalue weighted by Crippen LogP contribution is -2.19. The van der Waals surface area contributed by atoms with Gasteiger partial charge in [-0.1, -0.05) is 6.92 Å². The highest BCUT2D eigenvalue weighted by atomic mass is 79.9. The molecule has 0 fully saturated rings. The van der Waals surface area contributed by atoms with Crippen LogP contribution < -0.4 is 10.2 Å². The van der Waals surface area contributed by atoms with Crippen molar-refractivity contribution in [2.75, 3.05) is 18.5 Å². The molecule has 2 aromatic heterocycles. The number of thiophene rings is 1. The zero-order valence-corrected chi connectivity index (χ0v) is 14.5. The zero-order valence-electron chi connectivity index (χ0n) is 11.3. The molecule has 3 nitrogen and oxygen atoms in total. The number of anilines is 1. The van der Waals surface area contributed by atoms with Crippen LogP contribution in [0.2, 0.25) is 0 Å². The number of nitrogens with one attached hydrogen (secondary N) is 1. The minimum atomic E-state index is 0.319. The van der Waals surface area contributed by atoms with Gasteiger partial charge in [0, 0.05) is 33.2 Å². The summed E-state index contributed by atoms with van der Waals surface area (Å²) in [5, 5.41) is 8.72. The fraction of sp³-hybridized carbons (Fsp3) is 0.462. The van der Waals surface area contributed by atoms with Crippen LogP contribution in [-0.4, -0.2) is 18.6 Å². The van der Waals surface area contributed by atoms with E-state index in [4.69, 9.17) is 4.98 Å². The molecule has 1 atom stereocenters. The summed E-state index contributed by atoms with van der Waals surface area (Å²) in [4.78, 5) is 8.24. The van der Waals surface area contributed by atoms with Crippen LogP contribution in [0.1, 0.15) is 30.5 Å². The van der Waals surface area contributed by atoms with Gasteiger partial charge in [-0.05, 0) is 35.5 Å². The lowest BCUT2D eigenvalue weighted by molar-refractivity contribution is 0.586. The number of hydrogen-bond donors (Lipinski definition) is 1. The minimum Gasteiger partial charge on any atom is -0.346 e. The van der Waals surface area contributed by atoms with E-state index in [2.05, 4.69) is 63.9 Å². The largest absolute Gasteiger partial charge is 0.346 e. The Labute approximate surface area is 130 Å². The first-order chi connectivity index (χ1) is 9.10. The maximum absolute atomic E-state index is 4.71. The van der Waals surface area contributed by atoms with Gasteiger partial charge in [0.05, 0.1) is 12.2 Å². The topological polar surface area (TPSA) is 28.2 Å². The lowest BCUT2D eigenvalue weighted by atomic mass is 10.3. The van der Waals surface area contributed by atoms with Gasteiger partial charge in [0.15, 0.2) is 5.13 Å². The van der Waals surface area contributed by atoms with Crippen LogP contribution in [-0.2, 0) is 6.54 Å². The van der Waals surface area contributed by atoms with Crippen molar-refractivity contribution < 1.29 is 0 Å². The number of rotatable bonds is 6. The normalized spacial score (nSPS) is 12.6. The second kappa shape index (κ2) is 6.83. The van der Waals surface area contributed by atoms with E-state index < -0.39 is 0 Å². The van der Waals surface area contributed by atoms with Crippen molar-refractivity contribution in [3.8, 4) is 0 Å². The molecule has 19 heavy (non-hydrogen) atoms. The molecular weight excluding hydrogens is 342 g/mol. The SMILES string of the molecule is CCNC(C)c1csc(N(C)Cc2cc(Br)cs2)n1. The smallest absolute Gasteiger partial charge is 0.185 e. The van der Waals surface area contributed by atoms with Crippen molar-refractivity contribution in [2.45, 2.75) is 26.4 Å². The van der Waals surface area contributed by atoms with E-state index in [1.165, 1.54) is 4.88 Å². The van der Waals surface area contributed by atoms with Crippen LogP contribution in [0.25, 0.3) is 0 Å². The molecule has 0 saturated heterocycles. The van der Waals surface area contributed by atoms with Gasteiger partial charge in [-0.2, -0.15) is 0 Å². The van der Waals surface area contributed by atoms with Crippen LogP contribution in [0, 0.1) is 0 Å². The number of thiazole rings is 1. The molecule has 104 valence electrons. The Balaban J connectivity index is 2.01. The highest BCUT2D eigenvalue weighted by molar-refractivity contribution is 9.10. The first kappa shape index (κ1) is 15.0. The third-order valence-electron chi connectivity index (χ3n) is 2.81. The minimum absolute atomic E-state index is 0.319. The number of halogens is 1. The van der Waals surface area contributed by atoms with E-state index in [-0.39, 0.29) is 0 Å². The van der Waals surface area contributed by atoms with Crippen LogP contribution in [0.5, 0.6) is 0 Å². The first-order valence-corrected chi connectivity index (χ1v) is 8.78. The molecule has 0 aliphatic rings. The molecular formula is C13H18BrN3S2. The Morgan fingerprint density at radius 2 is 2.21 bits per heavy atom. The Morgan fingerprint density at radius 1 is 1.42 bits per heavy atom. The van der Waals surface area contributed by atoms with Crippen LogP contribution in [0.4, 0.5) is 5.13 Å². The van der Waals surface area contributed by atoms with E-state index in [1.807, 2.05) is 0 Å². The van der Waals surface area contributed by atoms with Crippen molar-refractivity contribution in [3.63, 3.8) is 0 Å². The number of hydrogen-bond acceptors (Lipinski definition) is 5. The predicted molar refractivity (Wildman–Crippen MR) is 88.3 cm³/mol. The van der Waals surface area contributed by atoms with Gasteiger partial charge >= 0.3 is 0 Å². The van der Waals surface area contributed by atoms with Crippen LogP contribution in [0.3, 0.4) is 0 Å². The molecule has 0 aliphatic heterocycles. The van der Waals surface area contributed by atoms with Gasteiger partial charge in [-0.15, -0.1) is 22.7 Å². The fourth-order valence-electron chi connectivity index (χ4n) is 1.80. The molecule has 2 heterocycles. The Hall–Kier alpha value is -0.430. The van der Waals surface area contributed by atoms with Crippen molar-refractivity contribution in [1.29, 1.82) is 0 Å². The number of nitrogens with zero attached hydrogens (tertiary/aromatic N) is 2. The van der Waals surface area contributed by atoms with Crippen molar-refractivity contribution in [1.82, 2.24) is 10.3 Å². The van der Waals surface area contributed by atoms with E-state index in [0.717, 1.165) is 28.4 Å². The Kier molecular flexibility index (Phi) is 5.38. The third-order valence-corrected chi connectivity index (χ3v) is 5.46. The molecule has 1 unspecified atom stereocenters. The van der Waals surface area contributed by atoms with Crippen LogP contribution >= 0.6 is 38.6 Å². The van der Waals surface area contributed by atoms with Crippen LogP contribution in [0.15, 0.2) is 21.3 Å². The second-order valence-electron chi connectivity index (χ2n) is 4.42. The van der Waals surface area contributed by atoms with Gasteiger partial charge in [0.2, 0.25) is 0 Å². The molecule has 6 heteroatoms. The zero-order chi connectivity index (χ0) is 13.8. The van der Waals surface area contributed by atoms with Crippen molar-refractivity contribution in [2.24, 2.45) is 0 Å². The molecule has 0 amide bonds. The monoisotopic (exact) mass is 359 g/mol. The van der Waals surface area contributed by atoms with E-state index in [1.54, 1.807) is 22.7 Å². The fourth-order valence-corrected chi connectivity index (χ4v) is 4.19. The summed E-state index contributed by atoms with van der Waals surface area (Å²) in [7, 11) is 2.09. The Bertz CT molecular complexity index is 523. The van der Waals surface area contributed by atoms with Crippen molar-refractivity contribution >= 4 is 43.7 Å². The van der Waals surface area contributed by atoms with E-state index >= 15 is 0 Å². The average molecular weight is 360 g/mol. The summed E-state index contributed by atoms with van der Waals surface area (Å²) in [6.07, 6.45) is 0. The summed E-state index contributed by atoms with van der Waals surface area (Å²) in [6.45, 7) is 6.13. The van der Waals surface area contributed by atoms with Gasteiger partial charge < -0.3 is 10.2 Å². The molecule has 0 saturated carbocycles. The summed E-state index contributed by atoms with van der Waals surface area (Å²) in [6, 6.07) is 2.48. The average Bonchev–Trinajstić information content (AvgIpc) is 2.98. The second-order valence-corrected chi connectivity index (χ2v) is 7.17. The highest BCUT2D eigenvalue weighted by Gasteiger charge is 2.12. The maximum atomic E-state index is 4.71. The lowest BCUT2D eigenvalue weighted by Gasteiger charge is -2.14. The molecule has 0 spiro atoms. The van der Waals surface area contributed by atoms with Gasteiger partial charge in [-0.25, -0.2) is 4.98 Å². The third kappa shape index (κ3) is 4.02. The van der Waals surface area contributed by atoms with Crippen molar-refractivity contribution in [3.05, 3.63) is 31.9 Å². The van der Waals surface area contributed by atoms with Gasteiger partial charge in [-0.3, -0.25) is 0 Å². The molecule has 0 bridgehead atoms. The standard InChI is InChI=1S/C13H18BrN3S2/c1-4-15-9(2)12-8-19-13(16-12)17(3)6-11-5-10(14)7-18-11/h5,7-9,15H,4,6H2,1-3H3. The number of aromatic nitrogens is 1. The summed E-state index contributed by atoms with van der Waals surface area (Å²) in [5.41, 5.74) is 1.13. The van der Waals surface area contributed by atoms with Gasteiger partial charge in [0.1, 0.15) is 0 Å². The molecule has 2 aromatic rings. The summed E-state index contributed by atoms with van der Waals surface area (Å²) in [5.74, 6) is 0. The van der Waals surface area contributed by atoms with E-state index in [0.29, 0.717) is 6.04 Å². The molecule has 2 rings (SSSR count). The first-order valence-electron chi connectivity index (χ1n) is 6.23. The molecule has 0 radical (unpaired) electrons. The molecule has 0 aromatic carbocycles. The Morgan fingerprint density at radius 3 is 2.84 bits per heavy atom. The summed E-state index contributed by atoms with van der Waals surface area (Å²) < 4.78 is 1.15.